The molecule has 0 saturated heterocycles. The Kier molecular flexibility index (Phi) is 4.97. The zero-order valence-electron chi connectivity index (χ0n) is 10.0. The largest absolute Gasteiger partial charge is 0.309 e. The van der Waals surface area contributed by atoms with Gasteiger partial charge in [0.2, 0.25) is 0 Å². The van der Waals surface area contributed by atoms with E-state index < -0.39 is 0 Å². The molecule has 88 valence electrons. The molecule has 16 heavy (non-hydrogen) atoms. The summed E-state index contributed by atoms with van der Waals surface area (Å²) in [6.07, 6.45) is 0.851. The van der Waals surface area contributed by atoms with Gasteiger partial charge in [0, 0.05) is 10.9 Å². The summed E-state index contributed by atoms with van der Waals surface area (Å²) in [7, 11) is 4.03. The topological polar surface area (TPSA) is 20.3 Å². The Balaban J connectivity index is 2.77. The van der Waals surface area contributed by atoms with Crippen LogP contribution in [0.3, 0.4) is 0 Å². The lowest BCUT2D eigenvalue weighted by Crippen LogP contribution is -2.19. The fourth-order valence-corrected chi connectivity index (χ4v) is 1.81. The van der Waals surface area contributed by atoms with Crippen LogP contribution in [-0.4, -0.2) is 31.3 Å². The van der Waals surface area contributed by atoms with Gasteiger partial charge in [0.15, 0.2) is 0 Å². The van der Waals surface area contributed by atoms with E-state index in [0.717, 1.165) is 18.5 Å². The Morgan fingerprint density at radius 2 is 1.88 bits per heavy atom. The smallest absolute Gasteiger partial charge is 0.137 e. The molecule has 0 bridgehead atoms. The maximum Gasteiger partial charge on any atom is 0.137 e. The van der Waals surface area contributed by atoms with Crippen LogP contribution in [0.1, 0.15) is 24.8 Å². The van der Waals surface area contributed by atoms with Gasteiger partial charge in [-0.1, -0.05) is 23.7 Å². The third kappa shape index (κ3) is 3.95. The number of nitrogens with zero attached hydrogens (tertiary/aromatic N) is 1. The first-order valence-corrected chi connectivity index (χ1v) is 5.79. The van der Waals surface area contributed by atoms with Crippen LogP contribution in [-0.2, 0) is 4.79 Å². The number of halogens is 1. The second kappa shape index (κ2) is 6.02. The molecule has 2 nitrogen and oxygen atoms in total. The minimum atomic E-state index is -0.0142. The predicted molar refractivity (Wildman–Crippen MR) is 68.0 cm³/mol. The summed E-state index contributed by atoms with van der Waals surface area (Å²) < 4.78 is 0. The van der Waals surface area contributed by atoms with Crippen LogP contribution < -0.4 is 0 Å². The van der Waals surface area contributed by atoms with Crippen molar-refractivity contribution in [2.75, 3.05) is 20.6 Å². The number of rotatable bonds is 5. The third-order valence-corrected chi connectivity index (χ3v) is 2.88. The number of benzene rings is 1. The van der Waals surface area contributed by atoms with E-state index in [1.807, 2.05) is 38.4 Å². The molecule has 1 aromatic carbocycles. The van der Waals surface area contributed by atoms with Crippen LogP contribution in [0.4, 0.5) is 0 Å². The van der Waals surface area contributed by atoms with E-state index in [1.165, 1.54) is 0 Å². The summed E-state index contributed by atoms with van der Waals surface area (Å²) in [6, 6.07) is 7.54. The maximum absolute atomic E-state index is 11.6. The van der Waals surface area contributed by atoms with Crippen LogP contribution in [0.2, 0.25) is 5.02 Å². The van der Waals surface area contributed by atoms with E-state index in [9.17, 15) is 4.79 Å². The lowest BCUT2D eigenvalue weighted by Gasteiger charge is -2.17. The van der Waals surface area contributed by atoms with Crippen molar-refractivity contribution in [1.29, 1.82) is 0 Å². The molecule has 0 heterocycles. The van der Waals surface area contributed by atoms with Crippen molar-refractivity contribution in [3.05, 3.63) is 34.9 Å². The van der Waals surface area contributed by atoms with Crippen LogP contribution >= 0.6 is 11.6 Å². The number of ketones is 1. The molecule has 1 atom stereocenters. The van der Waals surface area contributed by atoms with Gasteiger partial charge in [0.05, 0.1) is 0 Å². The quantitative estimate of drug-likeness (QED) is 0.788. The molecular formula is C13H18ClNO. The van der Waals surface area contributed by atoms with Gasteiger partial charge in [-0.2, -0.15) is 0 Å². The van der Waals surface area contributed by atoms with Crippen LogP contribution in [0, 0.1) is 0 Å². The van der Waals surface area contributed by atoms with E-state index in [0.29, 0.717) is 5.02 Å². The molecule has 1 rings (SSSR count). The van der Waals surface area contributed by atoms with E-state index in [1.54, 1.807) is 6.92 Å². The minimum absolute atomic E-state index is 0.0142. The van der Waals surface area contributed by atoms with Gasteiger partial charge in [-0.25, -0.2) is 0 Å². The summed E-state index contributed by atoms with van der Waals surface area (Å²) in [5, 5.41) is 0.707. The first kappa shape index (κ1) is 13.2. The van der Waals surface area contributed by atoms with Gasteiger partial charge in [0.25, 0.3) is 0 Å². The van der Waals surface area contributed by atoms with Crippen molar-refractivity contribution in [3.8, 4) is 0 Å². The Bertz CT molecular complexity index is 345. The maximum atomic E-state index is 11.6. The zero-order chi connectivity index (χ0) is 12.1. The van der Waals surface area contributed by atoms with E-state index in [4.69, 9.17) is 11.6 Å². The standard InChI is InChI=1S/C13H18ClNO/c1-10(16)13(8-9-15(2)3)11-4-6-12(14)7-5-11/h4-7,13H,8-9H2,1-3H3/t13-/m0/s1. The highest BCUT2D eigenvalue weighted by Gasteiger charge is 2.16. The van der Waals surface area contributed by atoms with Crippen LogP contribution in [0.25, 0.3) is 0 Å². The van der Waals surface area contributed by atoms with E-state index in [-0.39, 0.29) is 11.7 Å². The molecule has 0 aliphatic rings. The fourth-order valence-electron chi connectivity index (χ4n) is 1.69. The second-order valence-electron chi connectivity index (χ2n) is 4.31. The lowest BCUT2D eigenvalue weighted by atomic mass is 9.92. The van der Waals surface area contributed by atoms with Gasteiger partial charge in [-0.3, -0.25) is 4.79 Å². The number of Topliss-reactive ketones (excluding diaryl/α,β-unsaturated/α-hetero) is 1. The summed E-state index contributed by atoms with van der Waals surface area (Å²) in [6.45, 7) is 2.56. The fraction of sp³-hybridized carbons (Fsp3) is 0.462. The molecule has 0 unspecified atom stereocenters. The Hall–Kier alpha value is -0.860. The monoisotopic (exact) mass is 239 g/mol. The van der Waals surface area contributed by atoms with E-state index >= 15 is 0 Å². The van der Waals surface area contributed by atoms with Gasteiger partial charge >= 0.3 is 0 Å². The predicted octanol–water partition coefficient (Wildman–Crippen LogP) is 2.96. The molecule has 0 fully saturated rings. The van der Waals surface area contributed by atoms with Crippen LogP contribution in [0.5, 0.6) is 0 Å². The molecule has 0 aliphatic carbocycles. The SMILES string of the molecule is CC(=O)[C@H](CCN(C)C)c1ccc(Cl)cc1. The first-order valence-electron chi connectivity index (χ1n) is 5.41. The molecule has 0 saturated carbocycles. The number of carbonyl (C=O) groups excluding carboxylic acids is 1. The third-order valence-electron chi connectivity index (χ3n) is 2.63. The molecule has 0 N–H and O–H groups in total. The molecule has 3 heteroatoms. The van der Waals surface area contributed by atoms with Crippen molar-refractivity contribution >= 4 is 17.4 Å². The van der Waals surface area contributed by atoms with Crippen molar-refractivity contribution in [3.63, 3.8) is 0 Å². The van der Waals surface area contributed by atoms with Gasteiger partial charge in [0.1, 0.15) is 5.78 Å². The van der Waals surface area contributed by atoms with Gasteiger partial charge in [-0.05, 0) is 51.7 Å². The Morgan fingerprint density at radius 3 is 2.31 bits per heavy atom. The molecule has 1 aromatic rings. The summed E-state index contributed by atoms with van der Waals surface area (Å²) in [5.74, 6) is 0.198. The van der Waals surface area contributed by atoms with Crippen molar-refractivity contribution in [2.45, 2.75) is 19.3 Å². The highest BCUT2D eigenvalue weighted by Crippen LogP contribution is 2.22. The molecule has 0 amide bonds. The summed E-state index contributed by atoms with van der Waals surface area (Å²) in [5.41, 5.74) is 1.05. The number of hydrogen-bond donors (Lipinski definition) is 0. The van der Waals surface area contributed by atoms with Crippen molar-refractivity contribution < 1.29 is 4.79 Å². The molecular weight excluding hydrogens is 222 g/mol. The molecule has 0 spiro atoms. The Labute approximate surface area is 102 Å². The minimum Gasteiger partial charge on any atom is -0.309 e. The highest BCUT2D eigenvalue weighted by atomic mass is 35.5. The van der Waals surface area contributed by atoms with Gasteiger partial charge < -0.3 is 4.90 Å². The number of carbonyl (C=O) groups is 1. The molecule has 0 aromatic heterocycles. The summed E-state index contributed by atoms with van der Waals surface area (Å²) >= 11 is 5.83. The normalized spacial score (nSPS) is 12.8. The number of hydrogen-bond acceptors (Lipinski definition) is 2. The van der Waals surface area contributed by atoms with Crippen LogP contribution in [0.15, 0.2) is 24.3 Å². The lowest BCUT2D eigenvalue weighted by molar-refractivity contribution is -0.118. The molecule has 0 radical (unpaired) electrons. The zero-order valence-corrected chi connectivity index (χ0v) is 10.8. The summed E-state index contributed by atoms with van der Waals surface area (Å²) in [4.78, 5) is 13.7. The van der Waals surface area contributed by atoms with Crippen molar-refractivity contribution in [2.24, 2.45) is 0 Å². The first-order chi connectivity index (χ1) is 7.50. The van der Waals surface area contributed by atoms with Gasteiger partial charge in [-0.15, -0.1) is 0 Å². The average molecular weight is 240 g/mol. The second-order valence-corrected chi connectivity index (χ2v) is 4.74. The van der Waals surface area contributed by atoms with Crippen molar-refractivity contribution in [1.82, 2.24) is 4.90 Å². The average Bonchev–Trinajstić information content (AvgIpc) is 2.20. The molecule has 0 aliphatic heterocycles. The Morgan fingerprint density at radius 1 is 1.31 bits per heavy atom. The van der Waals surface area contributed by atoms with E-state index in [2.05, 4.69) is 4.90 Å². The highest BCUT2D eigenvalue weighted by molar-refractivity contribution is 6.30.